The van der Waals surface area contributed by atoms with E-state index in [1.807, 2.05) is 0 Å². The zero-order valence-electron chi connectivity index (χ0n) is 21.4. The number of hydrogen-bond donors (Lipinski definition) is 0. The van der Waals surface area contributed by atoms with E-state index in [0.29, 0.717) is 0 Å². The molecule has 0 atom stereocenters. The van der Waals surface area contributed by atoms with E-state index in [4.69, 9.17) is 0 Å². The Hall–Kier alpha value is -4.40. The van der Waals surface area contributed by atoms with Gasteiger partial charge < -0.3 is 0 Å². The van der Waals surface area contributed by atoms with Gasteiger partial charge in [-0.3, -0.25) is 0 Å². The highest BCUT2D eigenvalue weighted by Gasteiger charge is 2.53. The van der Waals surface area contributed by atoms with Gasteiger partial charge >= 0.3 is 0 Å². The Morgan fingerprint density at radius 2 is 0.474 bits per heavy atom. The van der Waals surface area contributed by atoms with Crippen molar-refractivity contribution in [3.8, 4) is 0 Å². The van der Waals surface area contributed by atoms with Crippen LogP contribution < -0.4 is 31.9 Å². The second kappa shape index (κ2) is 10.5. The third-order valence-corrected chi connectivity index (χ3v) is 14.3. The van der Waals surface area contributed by atoms with Crippen molar-refractivity contribution in [1.82, 2.24) is 0 Å². The van der Waals surface area contributed by atoms with E-state index in [2.05, 4.69) is 182 Å². The average Bonchev–Trinajstić information content (AvgIpc) is 3.02. The second-order valence-electron chi connectivity index (χ2n) is 10.0. The van der Waals surface area contributed by atoms with Crippen molar-refractivity contribution in [2.75, 3.05) is 0 Å². The SMILES string of the molecule is c1ccc([B-](c2ccccc2)(c2ccccc2)[Si](c2ccccc2)(c2ccccc2)c2ccccc2)cc1. The van der Waals surface area contributed by atoms with Crippen LogP contribution in [0.1, 0.15) is 0 Å². The molecular weight excluding hydrogens is 471 g/mol. The fourth-order valence-corrected chi connectivity index (χ4v) is 13.6. The topological polar surface area (TPSA) is 0 Å². The maximum atomic E-state index is 2.37. The molecule has 0 aromatic heterocycles. The van der Waals surface area contributed by atoms with E-state index in [-0.39, 0.29) is 0 Å². The molecule has 0 fully saturated rings. The maximum absolute atomic E-state index is 2.86. The summed E-state index contributed by atoms with van der Waals surface area (Å²) in [5.41, 5.74) is 2.60. The summed E-state index contributed by atoms with van der Waals surface area (Å²) in [6.07, 6.45) is 0. The third-order valence-electron chi connectivity index (χ3n) is 8.24. The van der Waals surface area contributed by atoms with Crippen LogP contribution in [0.25, 0.3) is 0 Å². The Kier molecular flexibility index (Phi) is 6.64. The first-order valence-corrected chi connectivity index (χ1v) is 15.4. The molecule has 0 N–H and O–H groups in total. The first-order valence-electron chi connectivity index (χ1n) is 13.4. The van der Waals surface area contributed by atoms with Gasteiger partial charge in [-0.1, -0.05) is 198 Å². The molecule has 0 heterocycles. The quantitative estimate of drug-likeness (QED) is 0.225. The van der Waals surface area contributed by atoms with E-state index in [1.165, 1.54) is 31.9 Å². The summed E-state index contributed by atoms with van der Waals surface area (Å²) in [6, 6.07) is 67.7. The predicted molar refractivity (Wildman–Crippen MR) is 168 cm³/mol. The van der Waals surface area contributed by atoms with Gasteiger partial charge in [-0.15, -0.1) is 0 Å². The largest absolute Gasteiger partial charge is 0.200 e. The lowest BCUT2D eigenvalue weighted by atomic mass is 9.34. The monoisotopic (exact) mass is 501 g/mol. The molecule has 6 aromatic rings. The molecule has 0 nitrogen and oxygen atoms in total. The van der Waals surface area contributed by atoms with Crippen molar-refractivity contribution in [1.29, 1.82) is 0 Å². The van der Waals surface area contributed by atoms with Crippen molar-refractivity contribution in [3.05, 3.63) is 182 Å². The van der Waals surface area contributed by atoms with Gasteiger partial charge in [0.05, 0.1) is 5.74 Å². The maximum Gasteiger partial charge on any atom is 0.0978 e. The lowest BCUT2D eigenvalue weighted by Gasteiger charge is -2.58. The summed E-state index contributed by atoms with van der Waals surface area (Å²) in [4.78, 5) is 0. The Morgan fingerprint density at radius 3 is 0.711 bits per heavy atom. The molecule has 38 heavy (non-hydrogen) atoms. The fourth-order valence-electron chi connectivity index (χ4n) is 6.91. The van der Waals surface area contributed by atoms with Gasteiger partial charge in [-0.2, -0.15) is 0 Å². The van der Waals surface area contributed by atoms with Gasteiger partial charge in [0.25, 0.3) is 0 Å². The lowest BCUT2D eigenvalue weighted by molar-refractivity contribution is 1.66. The molecule has 6 aromatic carbocycles. The molecule has 0 bridgehead atoms. The molecule has 0 saturated heterocycles. The van der Waals surface area contributed by atoms with Crippen LogP contribution in [0.3, 0.4) is 0 Å². The number of rotatable bonds is 7. The van der Waals surface area contributed by atoms with Crippen molar-refractivity contribution < 1.29 is 0 Å². The van der Waals surface area contributed by atoms with E-state index in [9.17, 15) is 0 Å². The summed E-state index contributed by atoms with van der Waals surface area (Å²) < 4.78 is 0. The van der Waals surface area contributed by atoms with Crippen LogP contribution in [0.2, 0.25) is 0 Å². The Balaban J connectivity index is 1.93. The lowest BCUT2D eigenvalue weighted by Crippen LogP contribution is -2.94. The van der Waals surface area contributed by atoms with E-state index < -0.39 is 13.7 Å². The van der Waals surface area contributed by atoms with Gasteiger partial charge in [-0.25, -0.2) is 16.4 Å². The zero-order chi connectivity index (χ0) is 25.7. The van der Waals surface area contributed by atoms with E-state index in [0.717, 1.165) is 0 Å². The molecule has 0 aliphatic heterocycles. The van der Waals surface area contributed by atoms with Crippen LogP contribution in [0.4, 0.5) is 0 Å². The minimum Gasteiger partial charge on any atom is -0.200 e. The molecule has 6 rings (SSSR count). The van der Waals surface area contributed by atoms with E-state index in [1.54, 1.807) is 0 Å². The van der Waals surface area contributed by atoms with Crippen LogP contribution >= 0.6 is 0 Å². The molecule has 0 amide bonds. The highest BCUT2D eigenvalue weighted by Crippen LogP contribution is 2.22. The second-order valence-corrected chi connectivity index (χ2v) is 14.2. The highest BCUT2D eigenvalue weighted by molar-refractivity contribution is 7.67. The number of hydrogen-bond acceptors (Lipinski definition) is 0. The molecule has 182 valence electrons. The summed E-state index contributed by atoms with van der Waals surface area (Å²) in [6.45, 7) is 0. The van der Waals surface area contributed by atoms with Gasteiger partial charge in [0.15, 0.2) is 0 Å². The Labute approximate surface area is 227 Å². The summed E-state index contributed by atoms with van der Waals surface area (Å²) in [5.74, 6) is 0. The van der Waals surface area contributed by atoms with Crippen molar-refractivity contribution >= 4 is 45.6 Å². The summed E-state index contributed by atoms with van der Waals surface area (Å²) >= 11 is 0. The predicted octanol–water partition coefficient (Wildman–Crippen LogP) is 4.41. The number of benzene rings is 6. The molecule has 0 unspecified atom stereocenters. The molecule has 0 aliphatic rings. The van der Waals surface area contributed by atoms with Crippen molar-refractivity contribution in [3.63, 3.8) is 0 Å². The van der Waals surface area contributed by atoms with Gasteiger partial charge in [0, 0.05) is 7.94 Å². The highest BCUT2D eigenvalue weighted by atomic mass is 28.3. The van der Waals surface area contributed by atoms with Crippen LogP contribution in [0.5, 0.6) is 0 Å². The summed E-state index contributed by atoms with van der Waals surface area (Å²) in [7, 11) is -2.86. The third kappa shape index (κ3) is 3.77. The standard InChI is InChI=1S/C36H30BSi/c1-7-19-31(20-8-1)37(32-21-9-2-10-22-32,33-23-11-3-12-24-33)38(34-25-13-4-14-26-34,35-27-15-5-16-28-35)36-29-17-6-18-30-36/h1-30H/q-1. The zero-order valence-corrected chi connectivity index (χ0v) is 22.4. The minimum absolute atomic E-state index is 1.37. The average molecular weight is 502 g/mol. The Morgan fingerprint density at radius 1 is 0.263 bits per heavy atom. The van der Waals surface area contributed by atoms with Gasteiger partial charge in [0.2, 0.25) is 0 Å². The normalized spacial score (nSPS) is 11.7. The first kappa shape index (κ1) is 24.0. The first-order chi connectivity index (χ1) is 18.9. The smallest absolute Gasteiger partial charge is 0.0978 e. The van der Waals surface area contributed by atoms with Crippen LogP contribution in [0, 0.1) is 0 Å². The van der Waals surface area contributed by atoms with Crippen LogP contribution in [-0.4, -0.2) is 13.7 Å². The molecule has 0 radical (unpaired) electrons. The van der Waals surface area contributed by atoms with Crippen molar-refractivity contribution in [2.24, 2.45) is 0 Å². The van der Waals surface area contributed by atoms with Crippen LogP contribution in [0.15, 0.2) is 182 Å². The molecular formula is C36H30BSi-. The molecule has 2 heteroatoms. The molecule has 0 aliphatic carbocycles. The van der Waals surface area contributed by atoms with Gasteiger partial charge in [0.1, 0.15) is 0 Å². The van der Waals surface area contributed by atoms with Crippen molar-refractivity contribution in [2.45, 2.75) is 0 Å². The molecule has 0 spiro atoms. The van der Waals surface area contributed by atoms with Gasteiger partial charge in [-0.05, 0) is 0 Å². The molecule has 0 saturated carbocycles. The Bertz CT molecular complexity index is 1250. The summed E-state index contributed by atoms with van der Waals surface area (Å²) in [5, 5.41) is 4.23. The van der Waals surface area contributed by atoms with Crippen LogP contribution in [-0.2, 0) is 0 Å². The minimum atomic E-state index is -2.86. The fraction of sp³-hybridized carbons (Fsp3) is 0. The van der Waals surface area contributed by atoms with E-state index >= 15 is 0 Å².